The van der Waals surface area contributed by atoms with Crippen LogP contribution >= 0.6 is 0 Å². The van der Waals surface area contributed by atoms with Crippen LogP contribution in [0.1, 0.15) is 39.2 Å². The van der Waals surface area contributed by atoms with Gasteiger partial charge in [0, 0.05) is 17.3 Å². The van der Waals surface area contributed by atoms with E-state index in [1.54, 1.807) is 27.7 Å². The molecule has 5 nitrogen and oxygen atoms in total. The van der Waals surface area contributed by atoms with Crippen molar-refractivity contribution in [3.05, 3.63) is 47.2 Å². The molecule has 2 atom stereocenters. The first kappa shape index (κ1) is 17.9. The molecule has 128 valence electrons. The molecule has 0 radical (unpaired) electrons. The van der Waals surface area contributed by atoms with Crippen LogP contribution in [0.15, 0.2) is 46.6 Å². The average Bonchev–Trinajstić information content (AvgIpc) is 2.55. The van der Waals surface area contributed by atoms with E-state index in [-0.39, 0.29) is 19.2 Å². The minimum absolute atomic E-state index is 0.268. The van der Waals surface area contributed by atoms with Crippen molar-refractivity contribution in [2.24, 2.45) is 10.9 Å². The summed E-state index contributed by atoms with van der Waals surface area (Å²) in [6, 6.07) is 9.48. The molecule has 0 saturated carbocycles. The largest absolute Gasteiger partial charge is 0.465 e. The number of hydrogen-bond acceptors (Lipinski definition) is 5. The van der Waals surface area contributed by atoms with E-state index in [2.05, 4.69) is 4.99 Å². The highest BCUT2D eigenvalue weighted by Gasteiger charge is 2.42. The molecule has 2 rings (SSSR count). The first-order chi connectivity index (χ1) is 11.5. The molecule has 0 aliphatic carbocycles. The quantitative estimate of drug-likeness (QED) is 0.778. The van der Waals surface area contributed by atoms with Crippen molar-refractivity contribution in [2.75, 3.05) is 13.2 Å². The van der Waals surface area contributed by atoms with Crippen LogP contribution < -0.4 is 0 Å². The third-order valence-electron chi connectivity index (χ3n) is 4.02. The van der Waals surface area contributed by atoms with E-state index in [4.69, 9.17) is 9.47 Å². The lowest BCUT2D eigenvalue weighted by molar-refractivity contribution is -0.146. The van der Waals surface area contributed by atoms with Gasteiger partial charge in [0.25, 0.3) is 0 Å². The van der Waals surface area contributed by atoms with Crippen molar-refractivity contribution in [3.8, 4) is 0 Å². The van der Waals surface area contributed by atoms with Crippen LogP contribution in [0.2, 0.25) is 0 Å². The topological polar surface area (TPSA) is 65.0 Å². The lowest BCUT2D eigenvalue weighted by Crippen LogP contribution is -2.36. The van der Waals surface area contributed by atoms with Crippen LogP contribution in [0.25, 0.3) is 0 Å². The fourth-order valence-corrected chi connectivity index (χ4v) is 3.07. The fourth-order valence-electron chi connectivity index (χ4n) is 3.07. The number of aliphatic imine (C=N–C) groups is 1. The van der Waals surface area contributed by atoms with Gasteiger partial charge in [-0.25, -0.2) is 4.79 Å². The minimum atomic E-state index is -0.629. The smallest absolute Gasteiger partial charge is 0.336 e. The van der Waals surface area contributed by atoms with Gasteiger partial charge in [-0.3, -0.25) is 9.79 Å². The molecule has 1 aliphatic rings. The predicted octanol–water partition coefficient (Wildman–Crippen LogP) is 3.26. The second-order valence-electron chi connectivity index (χ2n) is 5.59. The average molecular weight is 329 g/mol. The summed E-state index contributed by atoms with van der Waals surface area (Å²) in [6.07, 6.45) is 0. The van der Waals surface area contributed by atoms with Gasteiger partial charge in [0.15, 0.2) is 0 Å². The van der Waals surface area contributed by atoms with Crippen LogP contribution in [0, 0.1) is 5.92 Å². The fraction of sp³-hybridized carbons (Fsp3) is 0.421. The summed E-state index contributed by atoms with van der Waals surface area (Å²) < 4.78 is 10.4. The Hall–Kier alpha value is -2.43. The predicted molar refractivity (Wildman–Crippen MR) is 91.7 cm³/mol. The summed E-state index contributed by atoms with van der Waals surface area (Å²) in [5.74, 6) is -1.89. The molecule has 1 aromatic carbocycles. The highest BCUT2D eigenvalue weighted by atomic mass is 16.5. The SMILES string of the molecule is CCOC(=O)C1=C(C)N=C(C)C(C(=O)OCC)[C@@H]1c1ccccc1. The third kappa shape index (κ3) is 3.55. The van der Waals surface area contributed by atoms with E-state index in [9.17, 15) is 9.59 Å². The van der Waals surface area contributed by atoms with Crippen molar-refractivity contribution in [3.63, 3.8) is 0 Å². The van der Waals surface area contributed by atoms with Crippen molar-refractivity contribution in [2.45, 2.75) is 33.6 Å². The zero-order chi connectivity index (χ0) is 17.7. The Bertz CT molecular complexity index is 676. The van der Waals surface area contributed by atoms with Crippen molar-refractivity contribution in [1.29, 1.82) is 0 Å². The van der Waals surface area contributed by atoms with Gasteiger partial charge in [0.1, 0.15) is 5.92 Å². The first-order valence-corrected chi connectivity index (χ1v) is 8.15. The van der Waals surface area contributed by atoms with E-state index < -0.39 is 17.8 Å². The molecule has 0 fully saturated rings. The maximum absolute atomic E-state index is 12.5. The Morgan fingerprint density at radius 1 is 1.04 bits per heavy atom. The minimum Gasteiger partial charge on any atom is -0.465 e. The number of hydrogen-bond donors (Lipinski definition) is 0. The zero-order valence-corrected chi connectivity index (χ0v) is 14.5. The van der Waals surface area contributed by atoms with Gasteiger partial charge in [0.05, 0.1) is 18.8 Å². The van der Waals surface area contributed by atoms with Gasteiger partial charge in [-0.1, -0.05) is 30.3 Å². The molecule has 0 N–H and O–H groups in total. The number of nitrogens with zero attached hydrogens (tertiary/aromatic N) is 1. The second-order valence-corrected chi connectivity index (χ2v) is 5.59. The number of carbonyl (C=O) groups excluding carboxylic acids is 2. The molecular formula is C19H23NO4. The van der Waals surface area contributed by atoms with Crippen molar-refractivity contribution in [1.82, 2.24) is 0 Å². The van der Waals surface area contributed by atoms with E-state index in [1.807, 2.05) is 30.3 Å². The molecular weight excluding hydrogens is 306 g/mol. The van der Waals surface area contributed by atoms with Gasteiger partial charge in [-0.05, 0) is 33.3 Å². The monoisotopic (exact) mass is 329 g/mol. The number of ether oxygens (including phenoxy) is 2. The Kier molecular flexibility index (Phi) is 5.90. The molecule has 5 heteroatoms. The number of allylic oxidation sites excluding steroid dienone is 1. The lowest BCUT2D eigenvalue weighted by atomic mass is 9.75. The molecule has 0 amide bonds. The van der Waals surface area contributed by atoms with E-state index in [0.29, 0.717) is 17.0 Å². The number of rotatable bonds is 5. The third-order valence-corrected chi connectivity index (χ3v) is 4.02. The summed E-state index contributed by atoms with van der Waals surface area (Å²) in [6.45, 7) is 7.63. The highest BCUT2D eigenvalue weighted by Crippen LogP contribution is 2.39. The summed E-state index contributed by atoms with van der Waals surface area (Å²) in [5.41, 5.74) is 2.52. The van der Waals surface area contributed by atoms with Crippen LogP contribution in [-0.2, 0) is 19.1 Å². The Balaban J connectivity index is 2.58. The Morgan fingerprint density at radius 3 is 2.25 bits per heavy atom. The molecule has 24 heavy (non-hydrogen) atoms. The molecule has 0 spiro atoms. The van der Waals surface area contributed by atoms with Crippen LogP contribution in [0.4, 0.5) is 0 Å². The molecule has 1 heterocycles. The molecule has 0 saturated heterocycles. The number of carbonyl (C=O) groups is 2. The Morgan fingerprint density at radius 2 is 1.67 bits per heavy atom. The van der Waals surface area contributed by atoms with Gasteiger partial charge >= 0.3 is 11.9 Å². The lowest BCUT2D eigenvalue weighted by Gasteiger charge is -2.31. The second kappa shape index (κ2) is 7.90. The molecule has 1 unspecified atom stereocenters. The Labute approximate surface area is 142 Å². The van der Waals surface area contributed by atoms with Gasteiger partial charge in [-0.15, -0.1) is 0 Å². The highest BCUT2D eigenvalue weighted by molar-refractivity contribution is 6.07. The summed E-state index contributed by atoms with van der Waals surface area (Å²) in [4.78, 5) is 29.5. The van der Waals surface area contributed by atoms with Gasteiger partial charge in [0.2, 0.25) is 0 Å². The first-order valence-electron chi connectivity index (χ1n) is 8.15. The zero-order valence-electron chi connectivity index (χ0n) is 14.5. The maximum Gasteiger partial charge on any atom is 0.336 e. The summed E-state index contributed by atoms with van der Waals surface area (Å²) >= 11 is 0. The van der Waals surface area contributed by atoms with Crippen molar-refractivity contribution >= 4 is 17.7 Å². The molecule has 0 bridgehead atoms. The molecule has 1 aromatic rings. The molecule has 1 aliphatic heterocycles. The maximum atomic E-state index is 12.5. The summed E-state index contributed by atoms with van der Waals surface area (Å²) in [7, 11) is 0. The number of benzene rings is 1. The summed E-state index contributed by atoms with van der Waals surface area (Å²) in [5, 5.41) is 0. The van der Waals surface area contributed by atoms with Gasteiger partial charge in [-0.2, -0.15) is 0 Å². The number of esters is 2. The van der Waals surface area contributed by atoms with E-state index in [1.165, 1.54) is 0 Å². The van der Waals surface area contributed by atoms with Crippen molar-refractivity contribution < 1.29 is 19.1 Å². The van der Waals surface area contributed by atoms with E-state index in [0.717, 1.165) is 5.56 Å². The van der Waals surface area contributed by atoms with E-state index >= 15 is 0 Å². The van der Waals surface area contributed by atoms with Crippen LogP contribution in [0.3, 0.4) is 0 Å². The normalized spacial score (nSPS) is 20.4. The standard InChI is InChI=1S/C19H23NO4/c1-5-23-18(21)15-12(3)20-13(4)16(19(22)24-6-2)17(15)14-10-8-7-9-11-14/h7-11,15,17H,5-6H2,1-4H3/t15?,17-/m0/s1. The van der Waals surface area contributed by atoms with Crippen LogP contribution in [-0.4, -0.2) is 30.9 Å². The van der Waals surface area contributed by atoms with Crippen LogP contribution in [0.5, 0.6) is 0 Å². The van der Waals surface area contributed by atoms with Gasteiger partial charge < -0.3 is 9.47 Å². The molecule has 0 aromatic heterocycles.